The van der Waals surface area contributed by atoms with Gasteiger partial charge in [-0.15, -0.1) is 11.3 Å². The Morgan fingerprint density at radius 1 is 1.19 bits per heavy atom. The van der Waals surface area contributed by atoms with Crippen molar-refractivity contribution in [2.24, 2.45) is 0 Å². The highest BCUT2D eigenvalue weighted by Crippen LogP contribution is 2.19. The van der Waals surface area contributed by atoms with Crippen LogP contribution >= 0.6 is 11.3 Å². The average molecular weight is 304 g/mol. The zero-order valence-electron chi connectivity index (χ0n) is 12.2. The number of aliphatic hydroxyl groups is 1. The molecular weight excluding hydrogens is 284 g/mol. The van der Waals surface area contributed by atoms with Gasteiger partial charge in [0.1, 0.15) is 5.60 Å². The maximum atomic E-state index is 11.8. The average Bonchev–Trinajstić information content (AvgIpc) is 2.90. The smallest absolute Gasteiger partial charge is 0.315 e. The lowest BCUT2D eigenvalue weighted by Gasteiger charge is -2.24. The number of benzene rings is 1. The van der Waals surface area contributed by atoms with Gasteiger partial charge in [0, 0.05) is 9.75 Å². The fourth-order valence-corrected chi connectivity index (χ4v) is 2.79. The SMILES string of the molecule is Cc1ccc(CNC(=O)NCC(C)(O)c2ccccc2)s1. The van der Waals surface area contributed by atoms with E-state index in [0.717, 1.165) is 10.4 Å². The molecule has 0 aliphatic rings. The molecule has 2 rings (SSSR count). The van der Waals surface area contributed by atoms with Crippen molar-refractivity contribution in [1.29, 1.82) is 0 Å². The van der Waals surface area contributed by atoms with Gasteiger partial charge in [0.2, 0.25) is 0 Å². The van der Waals surface area contributed by atoms with Gasteiger partial charge in [-0.2, -0.15) is 0 Å². The molecule has 0 radical (unpaired) electrons. The number of hydrogen-bond donors (Lipinski definition) is 3. The third kappa shape index (κ3) is 4.58. The van der Waals surface area contributed by atoms with Gasteiger partial charge in [0.25, 0.3) is 0 Å². The third-order valence-corrected chi connectivity index (χ3v) is 4.21. The fraction of sp³-hybridized carbons (Fsp3) is 0.312. The van der Waals surface area contributed by atoms with Crippen LogP contribution in [0.5, 0.6) is 0 Å². The van der Waals surface area contributed by atoms with Crippen molar-refractivity contribution >= 4 is 17.4 Å². The van der Waals surface area contributed by atoms with Gasteiger partial charge in [-0.3, -0.25) is 0 Å². The van der Waals surface area contributed by atoms with E-state index in [1.165, 1.54) is 4.88 Å². The van der Waals surface area contributed by atoms with Crippen molar-refractivity contribution in [2.45, 2.75) is 26.0 Å². The van der Waals surface area contributed by atoms with Crippen molar-refractivity contribution in [1.82, 2.24) is 10.6 Å². The lowest BCUT2D eigenvalue weighted by atomic mass is 9.96. The zero-order valence-corrected chi connectivity index (χ0v) is 13.0. The summed E-state index contributed by atoms with van der Waals surface area (Å²) in [6, 6.07) is 13.0. The van der Waals surface area contributed by atoms with Gasteiger partial charge in [-0.25, -0.2) is 4.79 Å². The summed E-state index contributed by atoms with van der Waals surface area (Å²) in [6.07, 6.45) is 0. The topological polar surface area (TPSA) is 61.4 Å². The van der Waals surface area contributed by atoms with Gasteiger partial charge in [-0.1, -0.05) is 30.3 Å². The Morgan fingerprint density at radius 3 is 2.52 bits per heavy atom. The maximum absolute atomic E-state index is 11.8. The van der Waals surface area contributed by atoms with Gasteiger partial charge < -0.3 is 15.7 Å². The first-order chi connectivity index (χ1) is 9.97. The van der Waals surface area contributed by atoms with Gasteiger partial charge in [-0.05, 0) is 31.5 Å². The summed E-state index contributed by atoms with van der Waals surface area (Å²) in [6.45, 7) is 4.38. The van der Waals surface area contributed by atoms with E-state index in [-0.39, 0.29) is 12.6 Å². The minimum atomic E-state index is -1.09. The summed E-state index contributed by atoms with van der Waals surface area (Å²) in [5, 5.41) is 15.9. The molecule has 0 aliphatic heterocycles. The lowest BCUT2D eigenvalue weighted by Crippen LogP contribution is -2.43. The summed E-state index contributed by atoms with van der Waals surface area (Å²) >= 11 is 1.66. The molecule has 1 aromatic carbocycles. The highest BCUT2D eigenvalue weighted by molar-refractivity contribution is 7.11. The zero-order chi connectivity index (χ0) is 15.3. The standard InChI is InChI=1S/C16H20N2O2S/c1-12-8-9-14(21-12)10-17-15(19)18-11-16(2,20)13-6-4-3-5-7-13/h3-9,20H,10-11H2,1-2H3,(H2,17,18,19). The number of thiophene rings is 1. The lowest BCUT2D eigenvalue weighted by molar-refractivity contribution is 0.0594. The predicted molar refractivity (Wildman–Crippen MR) is 85.3 cm³/mol. The van der Waals surface area contributed by atoms with E-state index >= 15 is 0 Å². The second-order valence-corrected chi connectivity index (χ2v) is 6.56. The van der Waals surface area contributed by atoms with Crippen LogP contribution in [0.1, 0.15) is 22.2 Å². The Hall–Kier alpha value is -1.85. The van der Waals surface area contributed by atoms with Gasteiger partial charge >= 0.3 is 6.03 Å². The second kappa shape index (κ2) is 6.74. The Morgan fingerprint density at radius 2 is 1.90 bits per heavy atom. The molecule has 2 aromatic rings. The molecule has 5 heteroatoms. The normalized spacial score (nSPS) is 13.5. The van der Waals surface area contributed by atoms with Crippen molar-refractivity contribution in [2.75, 3.05) is 6.54 Å². The first kappa shape index (κ1) is 15.5. The summed E-state index contributed by atoms with van der Waals surface area (Å²) in [7, 11) is 0. The van der Waals surface area contributed by atoms with E-state index in [4.69, 9.17) is 0 Å². The molecule has 112 valence electrons. The molecule has 0 saturated carbocycles. The first-order valence-corrected chi connectivity index (χ1v) is 7.64. The van der Waals surface area contributed by atoms with Crippen LogP contribution in [0.4, 0.5) is 4.79 Å². The van der Waals surface area contributed by atoms with Crippen LogP contribution in [-0.4, -0.2) is 17.7 Å². The number of nitrogens with one attached hydrogen (secondary N) is 2. The summed E-state index contributed by atoms with van der Waals surface area (Å²) in [5.41, 5.74) is -0.308. The number of rotatable bonds is 5. The molecule has 1 unspecified atom stereocenters. The molecule has 4 nitrogen and oxygen atoms in total. The molecule has 1 heterocycles. The molecule has 0 saturated heterocycles. The minimum absolute atomic E-state index is 0.159. The Kier molecular flexibility index (Phi) is 4.98. The predicted octanol–water partition coefficient (Wildman–Crippen LogP) is 2.76. The summed E-state index contributed by atoms with van der Waals surface area (Å²) < 4.78 is 0. The molecule has 0 spiro atoms. The van der Waals surface area contributed by atoms with Crippen molar-refractivity contribution in [3.8, 4) is 0 Å². The van der Waals surface area contributed by atoms with E-state index in [1.54, 1.807) is 18.3 Å². The molecule has 2 amide bonds. The van der Waals surface area contributed by atoms with Crippen molar-refractivity contribution in [3.63, 3.8) is 0 Å². The van der Waals surface area contributed by atoms with Crippen molar-refractivity contribution in [3.05, 3.63) is 57.8 Å². The molecule has 0 fully saturated rings. The Bertz CT molecular complexity index is 593. The van der Waals surface area contributed by atoms with Gasteiger partial charge in [0.15, 0.2) is 0 Å². The van der Waals surface area contributed by atoms with E-state index in [2.05, 4.69) is 10.6 Å². The van der Waals surface area contributed by atoms with Crippen LogP contribution in [-0.2, 0) is 12.1 Å². The van der Waals surface area contributed by atoms with E-state index < -0.39 is 5.60 Å². The third-order valence-electron chi connectivity index (χ3n) is 3.21. The highest BCUT2D eigenvalue weighted by Gasteiger charge is 2.23. The van der Waals surface area contributed by atoms with E-state index in [1.807, 2.05) is 49.4 Å². The van der Waals surface area contributed by atoms with Crippen molar-refractivity contribution < 1.29 is 9.90 Å². The number of amides is 2. The van der Waals surface area contributed by atoms with E-state index in [9.17, 15) is 9.90 Å². The van der Waals surface area contributed by atoms with Crippen LogP contribution in [0.25, 0.3) is 0 Å². The van der Waals surface area contributed by atoms with Gasteiger partial charge in [0.05, 0.1) is 13.1 Å². The Labute approximate surface area is 128 Å². The van der Waals surface area contributed by atoms with Crippen LogP contribution in [0.2, 0.25) is 0 Å². The number of carbonyl (C=O) groups excluding carboxylic acids is 1. The van der Waals surface area contributed by atoms with Crippen LogP contribution < -0.4 is 10.6 Å². The number of aryl methyl sites for hydroxylation is 1. The maximum Gasteiger partial charge on any atom is 0.315 e. The summed E-state index contributed by atoms with van der Waals surface area (Å²) in [5.74, 6) is 0. The van der Waals surface area contributed by atoms with Crippen LogP contribution in [0.3, 0.4) is 0 Å². The molecular formula is C16H20N2O2S. The molecule has 1 aromatic heterocycles. The van der Waals surface area contributed by atoms with E-state index in [0.29, 0.717) is 6.54 Å². The number of hydrogen-bond acceptors (Lipinski definition) is 3. The number of carbonyl (C=O) groups is 1. The Balaban J connectivity index is 1.80. The quantitative estimate of drug-likeness (QED) is 0.795. The minimum Gasteiger partial charge on any atom is -0.384 e. The number of urea groups is 1. The molecule has 21 heavy (non-hydrogen) atoms. The van der Waals surface area contributed by atoms with Crippen LogP contribution in [0.15, 0.2) is 42.5 Å². The summed E-state index contributed by atoms with van der Waals surface area (Å²) in [4.78, 5) is 14.1. The second-order valence-electron chi connectivity index (χ2n) is 5.19. The molecule has 0 bridgehead atoms. The molecule has 1 atom stereocenters. The molecule has 0 aliphatic carbocycles. The monoisotopic (exact) mass is 304 g/mol. The van der Waals surface area contributed by atoms with Crippen LogP contribution in [0, 0.1) is 6.92 Å². The molecule has 3 N–H and O–H groups in total. The first-order valence-electron chi connectivity index (χ1n) is 6.82. The largest absolute Gasteiger partial charge is 0.384 e. The highest BCUT2D eigenvalue weighted by atomic mass is 32.1. The fourth-order valence-electron chi connectivity index (χ4n) is 1.96.